The average molecular weight is 542 g/mol. The summed E-state index contributed by atoms with van der Waals surface area (Å²) >= 11 is 6.86. The second-order valence-electron chi connectivity index (χ2n) is 6.45. The molecule has 0 saturated heterocycles. The molecule has 1 amide bonds. The second-order valence-corrected chi connectivity index (χ2v) is 8.16. The fraction of sp³-hybridized carbons (Fsp3) is 0.0833. The van der Waals surface area contributed by atoms with Crippen molar-refractivity contribution in [1.82, 2.24) is 5.43 Å². The number of hydrogen-bond acceptors (Lipinski definition) is 4. The Morgan fingerprint density at radius 3 is 2.06 bits per heavy atom. The van der Waals surface area contributed by atoms with E-state index in [4.69, 9.17) is 11.2 Å². The van der Waals surface area contributed by atoms with Crippen molar-refractivity contribution in [2.75, 3.05) is 6.61 Å². The van der Waals surface area contributed by atoms with Gasteiger partial charge in [0.1, 0.15) is 12.4 Å². The first-order valence-electron chi connectivity index (χ1n) is 9.19. The number of ether oxygens (including phenoxy) is 1. The van der Waals surface area contributed by atoms with E-state index in [-0.39, 0.29) is 6.61 Å². The first kappa shape index (κ1) is 22.8. The molecule has 0 fully saturated rings. The van der Waals surface area contributed by atoms with Gasteiger partial charge in [0.25, 0.3) is 5.91 Å². The highest BCUT2D eigenvalue weighted by molar-refractivity contribution is 9.11. The zero-order valence-electron chi connectivity index (χ0n) is 16.3. The van der Waals surface area contributed by atoms with Crippen LogP contribution < -0.4 is 10.2 Å². The number of carbonyl (C=O) groups is 1. The van der Waals surface area contributed by atoms with Gasteiger partial charge in [0.15, 0.2) is 5.60 Å². The van der Waals surface area contributed by atoms with Gasteiger partial charge in [0.2, 0.25) is 0 Å². The molecule has 3 aromatic rings. The lowest BCUT2D eigenvalue weighted by Crippen LogP contribution is -2.43. The van der Waals surface area contributed by atoms with Crippen LogP contribution in [0.1, 0.15) is 16.7 Å². The van der Waals surface area contributed by atoms with Crippen LogP contribution in [0.5, 0.6) is 5.75 Å². The van der Waals surface area contributed by atoms with E-state index in [1.165, 1.54) is 6.21 Å². The van der Waals surface area contributed by atoms with Gasteiger partial charge in [-0.15, -0.1) is 6.42 Å². The van der Waals surface area contributed by atoms with Gasteiger partial charge in [0.05, 0.1) is 15.2 Å². The summed E-state index contributed by atoms with van der Waals surface area (Å²) in [5.74, 6) is 2.31. The van der Waals surface area contributed by atoms with Crippen molar-refractivity contribution in [3.8, 4) is 18.1 Å². The van der Waals surface area contributed by atoms with Crippen molar-refractivity contribution in [2.45, 2.75) is 5.60 Å². The molecule has 0 saturated carbocycles. The Morgan fingerprint density at radius 1 is 1.06 bits per heavy atom. The second kappa shape index (κ2) is 10.4. The molecule has 5 nitrogen and oxygen atoms in total. The van der Waals surface area contributed by atoms with Gasteiger partial charge in [0, 0.05) is 0 Å². The third-order valence-corrected chi connectivity index (χ3v) is 5.59. The molecule has 0 unspecified atom stereocenters. The van der Waals surface area contributed by atoms with E-state index in [9.17, 15) is 9.90 Å². The van der Waals surface area contributed by atoms with E-state index in [1.54, 1.807) is 60.7 Å². The molecule has 31 heavy (non-hydrogen) atoms. The van der Waals surface area contributed by atoms with Crippen molar-refractivity contribution in [1.29, 1.82) is 0 Å². The van der Waals surface area contributed by atoms with Crippen molar-refractivity contribution < 1.29 is 14.6 Å². The highest BCUT2D eigenvalue weighted by Crippen LogP contribution is 2.34. The number of rotatable bonds is 7. The maximum atomic E-state index is 13.0. The number of hydrogen-bond donors (Lipinski definition) is 2. The van der Waals surface area contributed by atoms with E-state index in [0.29, 0.717) is 31.4 Å². The monoisotopic (exact) mass is 540 g/mol. The van der Waals surface area contributed by atoms with Gasteiger partial charge in [-0.2, -0.15) is 5.10 Å². The highest BCUT2D eigenvalue weighted by atomic mass is 79.9. The lowest BCUT2D eigenvalue weighted by atomic mass is 9.85. The molecule has 0 aliphatic carbocycles. The number of carbonyl (C=O) groups excluding carboxylic acids is 1. The van der Waals surface area contributed by atoms with Gasteiger partial charge >= 0.3 is 0 Å². The van der Waals surface area contributed by atoms with Crippen molar-refractivity contribution in [3.63, 3.8) is 0 Å². The molecule has 0 radical (unpaired) electrons. The van der Waals surface area contributed by atoms with Crippen LogP contribution in [0.2, 0.25) is 0 Å². The van der Waals surface area contributed by atoms with E-state index in [0.717, 1.165) is 0 Å². The summed E-state index contributed by atoms with van der Waals surface area (Å²) in [5, 5.41) is 15.4. The summed E-state index contributed by atoms with van der Waals surface area (Å²) in [6, 6.07) is 21.0. The number of terminal acetylenes is 1. The Kier molecular flexibility index (Phi) is 7.64. The predicted octanol–water partition coefficient (Wildman–Crippen LogP) is 4.61. The van der Waals surface area contributed by atoms with Crippen molar-refractivity contribution in [2.24, 2.45) is 5.10 Å². The Balaban J connectivity index is 1.84. The lowest BCUT2D eigenvalue weighted by Gasteiger charge is -2.27. The highest BCUT2D eigenvalue weighted by Gasteiger charge is 2.39. The molecule has 0 heterocycles. The van der Waals surface area contributed by atoms with E-state index in [1.807, 2.05) is 12.1 Å². The Morgan fingerprint density at radius 2 is 1.58 bits per heavy atom. The zero-order chi connectivity index (χ0) is 22.3. The summed E-state index contributed by atoms with van der Waals surface area (Å²) in [6.45, 7) is 0.137. The molecule has 3 aromatic carbocycles. The SMILES string of the molecule is C#CCOc1c(Br)cc(/C=N/NC(=O)C(O)(c2ccccc2)c2ccccc2)cc1Br. The largest absolute Gasteiger partial charge is 0.479 e. The summed E-state index contributed by atoms with van der Waals surface area (Å²) in [4.78, 5) is 13.0. The molecule has 0 spiro atoms. The number of hydrazone groups is 1. The fourth-order valence-corrected chi connectivity index (χ4v) is 4.39. The zero-order valence-corrected chi connectivity index (χ0v) is 19.4. The maximum absolute atomic E-state index is 13.0. The number of nitrogens with zero attached hydrogens (tertiary/aromatic N) is 1. The summed E-state index contributed by atoms with van der Waals surface area (Å²) < 4.78 is 6.83. The molecule has 0 bridgehead atoms. The molecule has 2 N–H and O–H groups in total. The third-order valence-electron chi connectivity index (χ3n) is 4.41. The predicted molar refractivity (Wildman–Crippen MR) is 128 cm³/mol. The molecular weight excluding hydrogens is 524 g/mol. The minimum Gasteiger partial charge on any atom is -0.479 e. The number of aliphatic hydroxyl groups is 1. The van der Waals surface area contributed by atoms with Crippen molar-refractivity contribution >= 4 is 44.0 Å². The van der Waals surface area contributed by atoms with E-state index >= 15 is 0 Å². The van der Waals surface area contributed by atoms with Gasteiger partial charge in [-0.1, -0.05) is 66.6 Å². The Bertz CT molecular complexity index is 1060. The Hall–Kier alpha value is -2.92. The van der Waals surface area contributed by atoms with E-state index < -0.39 is 11.5 Å². The standard InChI is InChI=1S/C24H18Br2N2O3/c1-2-13-31-22-20(25)14-17(15-21(22)26)16-27-28-23(29)24(30,18-9-5-3-6-10-18)19-11-7-4-8-12-19/h1,3-12,14-16,30H,13H2,(H,28,29)/b27-16+. The van der Waals surface area contributed by atoms with Gasteiger partial charge in [-0.3, -0.25) is 4.79 Å². The van der Waals surface area contributed by atoms with Gasteiger partial charge in [-0.25, -0.2) is 5.43 Å². The average Bonchev–Trinajstić information content (AvgIpc) is 2.79. The quantitative estimate of drug-likeness (QED) is 0.261. The molecule has 156 valence electrons. The fourth-order valence-electron chi connectivity index (χ4n) is 2.94. The number of nitrogens with one attached hydrogen (secondary N) is 1. The van der Waals surface area contributed by atoms with Gasteiger partial charge < -0.3 is 9.84 Å². The van der Waals surface area contributed by atoms with Crippen molar-refractivity contribution in [3.05, 3.63) is 98.4 Å². The number of halogens is 2. The number of amides is 1. The Labute approximate surface area is 197 Å². The summed E-state index contributed by atoms with van der Waals surface area (Å²) in [5.41, 5.74) is 2.12. The molecule has 3 rings (SSSR count). The van der Waals surface area contributed by atoms with Crippen LogP contribution >= 0.6 is 31.9 Å². The minimum atomic E-state index is -1.89. The van der Waals surface area contributed by atoms with Gasteiger partial charge in [-0.05, 0) is 60.7 Å². The van der Waals surface area contributed by atoms with Crippen LogP contribution in [0.25, 0.3) is 0 Å². The van der Waals surface area contributed by atoms with E-state index in [2.05, 4.69) is 48.3 Å². The summed E-state index contributed by atoms with van der Waals surface area (Å²) in [6.07, 6.45) is 6.70. The van der Waals surface area contributed by atoms with Crippen LogP contribution in [-0.2, 0) is 10.4 Å². The summed E-state index contributed by atoms with van der Waals surface area (Å²) in [7, 11) is 0. The molecule has 0 aliphatic rings. The van der Waals surface area contributed by atoms with Crippen LogP contribution in [0.15, 0.2) is 86.8 Å². The topological polar surface area (TPSA) is 70.9 Å². The normalized spacial score (nSPS) is 11.2. The van der Waals surface area contributed by atoms with Crippen LogP contribution in [0.3, 0.4) is 0 Å². The molecule has 7 heteroatoms. The molecule has 0 atom stereocenters. The van der Waals surface area contributed by atoms with Crippen LogP contribution in [-0.4, -0.2) is 23.8 Å². The molecular formula is C24H18Br2N2O3. The third kappa shape index (κ3) is 5.23. The molecule has 0 aliphatic heterocycles. The smallest absolute Gasteiger partial charge is 0.281 e. The lowest BCUT2D eigenvalue weighted by molar-refractivity contribution is -0.136. The molecule has 0 aromatic heterocycles. The minimum absolute atomic E-state index is 0.137. The first-order valence-corrected chi connectivity index (χ1v) is 10.8. The number of benzene rings is 3. The van der Waals surface area contributed by atoms with Crippen LogP contribution in [0, 0.1) is 12.3 Å². The maximum Gasteiger partial charge on any atom is 0.281 e. The first-order chi connectivity index (χ1) is 15.0. The van der Waals surface area contributed by atoms with Crippen LogP contribution in [0.4, 0.5) is 0 Å².